The first-order valence-corrected chi connectivity index (χ1v) is 7.83. The van der Waals surface area contributed by atoms with Gasteiger partial charge in [-0.3, -0.25) is 0 Å². The highest BCUT2D eigenvalue weighted by Crippen LogP contribution is 2.24. The number of hydrogen-bond acceptors (Lipinski definition) is 4. The van der Waals surface area contributed by atoms with Gasteiger partial charge in [0.2, 0.25) is 0 Å². The van der Waals surface area contributed by atoms with Crippen molar-refractivity contribution in [3.63, 3.8) is 0 Å². The Balaban J connectivity index is 1.78. The molecule has 0 aliphatic carbocycles. The SMILES string of the molecule is COc1ccc(OC)c(CCNC(=O)N[C@@H](C)Cn2ccnc2)c1. The minimum atomic E-state index is -0.190. The van der Waals surface area contributed by atoms with Crippen LogP contribution in [0.15, 0.2) is 36.9 Å². The molecule has 2 aromatic rings. The predicted octanol–water partition coefficient (Wildman–Crippen LogP) is 1.83. The average Bonchev–Trinajstić information content (AvgIpc) is 3.07. The van der Waals surface area contributed by atoms with E-state index in [-0.39, 0.29) is 12.1 Å². The fourth-order valence-electron chi connectivity index (χ4n) is 2.42. The standard InChI is InChI=1S/C17H24N4O3/c1-13(11-21-9-8-18-12-21)20-17(22)19-7-6-14-10-15(23-2)4-5-16(14)24-3/h4-5,8-10,12-13H,6-7,11H2,1-3H3,(H2,19,20,22)/t13-/m0/s1. The van der Waals surface area contributed by atoms with E-state index in [0.717, 1.165) is 17.1 Å². The zero-order valence-electron chi connectivity index (χ0n) is 14.3. The molecule has 1 heterocycles. The van der Waals surface area contributed by atoms with Gasteiger partial charge in [0.1, 0.15) is 11.5 Å². The number of carbonyl (C=O) groups is 1. The second-order valence-electron chi connectivity index (χ2n) is 5.49. The number of amides is 2. The first kappa shape index (κ1) is 17.7. The van der Waals surface area contributed by atoms with Crippen LogP contribution in [-0.2, 0) is 13.0 Å². The smallest absolute Gasteiger partial charge is 0.315 e. The van der Waals surface area contributed by atoms with E-state index in [1.165, 1.54) is 0 Å². The van der Waals surface area contributed by atoms with Crippen LogP contribution in [0.3, 0.4) is 0 Å². The number of benzene rings is 1. The number of nitrogens with zero attached hydrogens (tertiary/aromatic N) is 2. The number of aromatic nitrogens is 2. The first-order chi connectivity index (χ1) is 11.6. The minimum Gasteiger partial charge on any atom is -0.497 e. The second-order valence-corrected chi connectivity index (χ2v) is 5.49. The third kappa shape index (κ3) is 5.19. The Morgan fingerprint density at radius 3 is 2.83 bits per heavy atom. The summed E-state index contributed by atoms with van der Waals surface area (Å²) in [5, 5.41) is 5.76. The highest BCUT2D eigenvalue weighted by molar-refractivity contribution is 5.74. The van der Waals surface area contributed by atoms with Crippen LogP contribution in [0.2, 0.25) is 0 Å². The van der Waals surface area contributed by atoms with E-state index >= 15 is 0 Å². The summed E-state index contributed by atoms with van der Waals surface area (Å²) in [5.41, 5.74) is 0.989. The Morgan fingerprint density at radius 1 is 1.33 bits per heavy atom. The molecule has 0 unspecified atom stereocenters. The third-order valence-electron chi connectivity index (χ3n) is 3.59. The topological polar surface area (TPSA) is 77.4 Å². The molecule has 0 aliphatic rings. The summed E-state index contributed by atoms with van der Waals surface area (Å²) < 4.78 is 12.5. The van der Waals surface area contributed by atoms with Gasteiger partial charge >= 0.3 is 6.03 Å². The molecule has 0 radical (unpaired) electrons. The van der Waals surface area contributed by atoms with Gasteiger partial charge in [-0.25, -0.2) is 9.78 Å². The normalized spacial score (nSPS) is 11.6. The van der Waals surface area contributed by atoms with Crippen LogP contribution in [0.5, 0.6) is 11.5 Å². The van der Waals surface area contributed by atoms with Gasteiger partial charge in [0, 0.05) is 31.5 Å². The summed E-state index contributed by atoms with van der Waals surface area (Å²) in [5.74, 6) is 1.55. The fourth-order valence-corrected chi connectivity index (χ4v) is 2.42. The molecule has 2 amide bonds. The van der Waals surface area contributed by atoms with Crippen molar-refractivity contribution in [3.8, 4) is 11.5 Å². The molecule has 0 bridgehead atoms. The van der Waals surface area contributed by atoms with Gasteiger partial charge in [-0.1, -0.05) is 0 Å². The minimum absolute atomic E-state index is 0.00514. The molecule has 2 N–H and O–H groups in total. The lowest BCUT2D eigenvalue weighted by Gasteiger charge is -2.15. The zero-order valence-corrected chi connectivity index (χ0v) is 14.3. The third-order valence-corrected chi connectivity index (χ3v) is 3.59. The molecule has 2 rings (SSSR count). The van der Waals surface area contributed by atoms with Crippen molar-refractivity contribution in [1.82, 2.24) is 20.2 Å². The average molecular weight is 332 g/mol. The van der Waals surface area contributed by atoms with Crippen LogP contribution in [0.1, 0.15) is 12.5 Å². The van der Waals surface area contributed by atoms with E-state index in [9.17, 15) is 4.79 Å². The van der Waals surface area contributed by atoms with E-state index in [1.807, 2.05) is 35.9 Å². The summed E-state index contributed by atoms with van der Waals surface area (Å²) in [4.78, 5) is 15.9. The Labute approximate surface area is 142 Å². The van der Waals surface area contributed by atoms with Crippen LogP contribution >= 0.6 is 0 Å². The van der Waals surface area contributed by atoms with Gasteiger partial charge in [0.05, 0.1) is 20.5 Å². The zero-order chi connectivity index (χ0) is 17.4. The molecule has 7 heteroatoms. The maximum absolute atomic E-state index is 11.9. The molecular formula is C17H24N4O3. The molecule has 0 fully saturated rings. The highest BCUT2D eigenvalue weighted by Gasteiger charge is 2.09. The van der Waals surface area contributed by atoms with Crippen LogP contribution in [0, 0.1) is 0 Å². The van der Waals surface area contributed by atoms with Gasteiger partial charge in [0.25, 0.3) is 0 Å². The van der Waals surface area contributed by atoms with E-state index in [0.29, 0.717) is 19.5 Å². The van der Waals surface area contributed by atoms with Crippen LogP contribution < -0.4 is 20.1 Å². The van der Waals surface area contributed by atoms with Gasteiger partial charge in [-0.15, -0.1) is 0 Å². The maximum Gasteiger partial charge on any atom is 0.315 e. The van der Waals surface area contributed by atoms with Crippen molar-refractivity contribution >= 4 is 6.03 Å². The molecule has 0 spiro atoms. The van der Waals surface area contributed by atoms with Crippen LogP contribution in [0.4, 0.5) is 4.79 Å². The molecule has 7 nitrogen and oxygen atoms in total. The molecule has 0 saturated carbocycles. The van der Waals surface area contributed by atoms with Gasteiger partial charge in [-0.05, 0) is 37.1 Å². The number of urea groups is 1. The number of rotatable bonds is 8. The summed E-state index contributed by atoms with van der Waals surface area (Å²) in [7, 11) is 3.25. The Hall–Kier alpha value is -2.70. The molecule has 24 heavy (non-hydrogen) atoms. The molecule has 0 saturated heterocycles. The summed E-state index contributed by atoms with van der Waals surface area (Å²) >= 11 is 0. The number of imidazole rings is 1. The van der Waals surface area contributed by atoms with Crippen molar-refractivity contribution in [2.75, 3.05) is 20.8 Å². The number of ether oxygens (including phenoxy) is 2. The quantitative estimate of drug-likeness (QED) is 0.773. The summed E-state index contributed by atoms with van der Waals surface area (Å²) in [6.07, 6.45) is 5.97. The highest BCUT2D eigenvalue weighted by atomic mass is 16.5. The Kier molecular flexibility index (Phi) is 6.48. The molecule has 0 aliphatic heterocycles. The molecular weight excluding hydrogens is 308 g/mol. The molecule has 130 valence electrons. The van der Waals surface area contributed by atoms with E-state index in [4.69, 9.17) is 9.47 Å². The van der Waals surface area contributed by atoms with E-state index in [2.05, 4.69) is 15.6 Å². The molecule has 1 aromatic heterocycles. The van der Waals surface area contributed by atoms with Crippen molar-refractivity contribution < 1.29 is 14.3 Å². The monoisotopic (exact) mass is 332 g/mol. The van der Waals surface area contributed by atoms with Gasteiger partial charge in [0.15, 0.2) is 0 Å². The lowest BCUT2D eigenvalue weighted by atomic mass is 10.1. The number of hydrogen-bond donors (Lipinski definition) is 2. The summed E-state index contributed by atoms with van der Waals surface area (Å²) in [6.45, 7) is 3.13. The fraction of sp³-hybridized carbons (Fsp3) is 0.412. The number of methoxy groups -OCH3 is 2. The maximum atomic E-state index is 11.9. The summed E-state index contributed by atoms with van der Waals surface area (Å²) in [6, 6.07) is 5.44. The Morgan fingerprint density at radius 2 is 2.17 bits per heavy atom. The van der Waals surface area contributed by atoms with Gasteiger partial charge in [-0.2, -0.15) is 0 Å². The van der Waals surface area contributed by atoms with Crippen molar-refractivity contribution in [3.05, 3.63) is 42.5 Å². The van der Waals surface area contributed by atoms with E-state index < -0.39 is 0 Å². The second kappa shape index (κ2) is 8.81. The van der Waals surface area contributed by atoms with Crippen molar-refractivity contribution in [2.45, 2.75) is 25.9 Å². The molecule has 1 atom stereocenters. The first-order valence-electron chi connectivity index (χ1n) is 7.83. The van der Waals surface area contributed by atoms with Crippen LogP contribution in [-0.4, -0.2) is 42.4 Å². The predicted molar refractivity (Wildman–Crippen MR) is 91.5 cm³/mol. The largest absolute Gasteiger partial charge is 0.497 e. The van der Waals surface area contributed by atoms with Crippen molar-refractivity contribution in [2.24, 2.45) is 0 Å². The number of carbonyl (C=O) groups excluding carboxylic acids is 1. The lowest BCUT2D eigenvalue weighted by Crippen LogP contribution is -2.43. The van der Waals surface area contributed by atoms with E-state index in [1.54, 1.807) is 26.7 Å². The molecule has 1 aromatic carbocycles. The lowest BCUT2D eigenvalue weighted by molar-refractivity contribution is 0.236. The van der Waals surface area contributed by atoms with Crippen molar-refractivity contribution in [1.29, 1.82) is 0 Å². The van der Waals surface area contributed by atoms with Gasteiger partial charge < -0.3 is 24.7 Å². The van der Waals surface area contributed by atoms with Crippen LogP contribution in [0.25, 0.3) is 0 Å². The number of nitrogens with one attached hydrogen (secondary N) is 2. The Bertz CT molecular complexity index is 643.